The fraction of sp³-hybridized carbons (Fsp3) is 0.323. The lowest BCUT2D eigenvalue weighted by Gasteiger charge is -2.35. The smallest absolute Gasteiger partial charge is 0.237 e. The second-order valence-electron chi connectivity index (χ2n) is 10.8. The van der Waals surface area contributed by atoms with Crippen LogP contribution < -0.4 is 24.3 Å². The van der Waals surface area contributed by atoms with Crippen molar-refractivity contribution in [3.05, 3.63) is 69.3 Å². The average Bonchev–Trinajstić information content (AvgIpc) is 3.63. The summed E-state index contributed by atoms with van der Waals surface area (Å²) in [6, 6.07) is 7.61. The molecular formula is C31H28ClNO10S. The molecule has 3 atom stereocenters. The molecule has 44 heavy (non-hydrogen) atoms. The van der Waals surface area contributed by atoms with E-state index < -0.39 is 44.9 Å². The molecular weight excluding hydrogens is 614 g/mol. The summed E-state index contributed by atoms with van der Waals surface area (Å²) >= 11 is 6.56. The summed E-state index contributed by atoms with van der Waals surface area (Å²) in [5.41, 5.74) is -1.12. The Labute approximate surface area is 258 Å². The van der Waals surface area contributed by atoms with E-state index in [9.17, 15) is 22.8 Å². The third-order valence-corrected chi connectivity index (χ3v) is 9.97. The number of hydrogen-bond acceptors (Lipinski definition) is 10. The molecule has 2 aromatic carbocycles. The maximum absolute atomic E-state index is 14.6. The van der Waals surface area contributed by atoms with Crippen LogP contribution in [0.4, 0.5) is 0 Å². The Morgan fingerprint density at radius 3 is 2.34 bits per heavy atom. The van der Waals surface area contributed by atoms with Crippen molar-refractivity contribution < 1.29 is 46.2 Å². The van der Waals surface area contributed by atoms with Crippen molar-refractivity contribution in [3.8, 4) is 34.3 Å². The minimum Gasteiger partial charge on any atom is -0.497 e. The molecule has 230 valence electrons. The van der Waals surface area contributed by atoms with Crippen molar-refractivity contribution in [3.63, 3.8) is 0 Å². The van der Waals surface area contributed by atoms with Crippen LogP contribution in [0.15, 0.2) is 46.2 Å². The van der Waals surface area contributed by atoms with Crippen molar-refractivity contribution in [1.29, 1.82) is 0 Å². The molecule has 3 heterocycles. The van der Waals surface area contributed by atoms with Gasteiger partial charge in [0.1, 0.15) is 39.4 Å². The number of sulfone groups is 1. The summed E-state index contributed by atoms with van der Waals surface area (Å²) in [4.78, 5) is 42.1. The standard InChI is InChI=1S/C31H28ClNO10S/c1-15-11-21-24(29(35)31(15)30(36)25-20(40-3)13-22(41-4)26(32)28(25)43-31)19(12-23(34)33-17-9-10-44(37,38)14-17)27(42-21)16-5-7-18(39-2)8-6-16/h5-10,13,15,17H,11-12,14H2,1-4H3,(H,33,34). The van der Waals surface area contributed by atoms with E-state index >= 15 is 0 Å². The molecule has 0 bridgehead atoms. The first-order chi connectivity index (χ1) is 20.9. The van der Waals surface area contributed by atoms with E-state index in [4.69, 9.17) is 35.0 Å². The Balaban J connectivity index is 1.46. The highest BCUT2D eigenvalue weighted by Crippen LogP contribution is 2.54. The summed E-state index contributed by atoms with van der Waals surface area (Å²) in [7, 11) is 0.895. The van der Waals surface area contributed by atoms with E-state index in [1.807, 2.05) is 0 Å². The third kappa shape index (κ3) is 4.55. The molecule has 1 spiro atoms. The van der Waals surface area contributed by atoms with E-state index in [-0.39, 0.29) is 63.3 Å². The molecule has 0 saturated heterocycles. The summed E-state index contributed by atoms with van der Waals surface area (Å²) < 4.78 is 52.4. The lowest BCUT2D eigenvalue weighted by atomic mass is 9.70. The largest absolute Gasteiger partial charge is 0.497 e. The number of methoxy groups -OCH3 is 3. The second kappa shape index (κ2) is 10.7. The minimum absolute atomic E-state index is 0.0182. The Bertz CT molecular complexity index is 1860. The fourth-order valence-electron chi connectivity index (χ4n) is 6.06. The van der Waals surface area contributed by atoms with Gasteiger partial charge in [0.25, 0.3) is 0 Å². The topological polar surface area (TPSA) is 147 Å². The van der Waals surface area contributed by atoms with Gasteiger partial charge < -0.3 is 28.7 Å². The van der Waals surface area contributed by atoms with Crippen molar-refractivity contribution in [2.45, 2.75) is 31.4 Å². The molecule has 0 radical (unpaired) electrons. The molecule has 6 rings (SSSR count). The van der Waals surface area contributed by atoms with Gasteiger partial charge in [0.2, 0.25) is 23.1 Å². The second-order valence-corrected chi connectivity index (χ2v) is 13.2. The van der Waals surface area contributed by atoms with Crippen molar-refractivity contribution in [1.82, 2.24) is 5.32 Å². The number of ether oxygens (including phenoxy) is 4. The van der Waals surface area contributed by atoms with Gasteiger partial charge in [0.15, 0.2) is 15.6 Å². The Morgan fingerprint density at radius 1 is 1.05 bits per heavy atom. The molecule has 3 aliphatic rings. The number of carbonyl (C=O) groups is 3. The molecule has 2 aliphatic heterocycles. The highest BCUT2D eigenvalue weighted by atomic mass is 35.5. The maximum Gasteiger partial charge on any atom is 0.237 e. The first kappa shape index (κ1) is 29.8. The number of nitrogens with one attached hydrogen (secondary N) is 1. The van der Waals surface area contributed by atoms with Crippen LogP contribution >= 0.6 is 11.6 Å². The number of halogens is 1. The summed E-state index contributed by atoms with van der Waals surface area (Å²) in [6.45, 7) is 1.71. The molecule has 1 aliphatic carbocycles. The van der Waals surface area contributed by atoms with E-state index in [2.05, 4.69) is 5.32 Å². The normalized spacial score (nSPS) is 22.8. The van der Waals surface area contributed by atoms with Crippen molar-refractivity contribution >= 4 is 38.9 Å². The van der Waals surface area contributed by atoms with E-state index in [1.54, 1.807) is 31.2 Å². The van der Waals surface area contributed by atoms with Gasteiger partial charge in [-0.15, -0.1) is 0 Å². The van der Waals surface area contributed by atoms with Gasteiger partial charge in [-0.3, -0.25) is 14.4 Å². The van der Waals surface area contributed by atoms with Crippen LogP contribution in [0, 0.1) is 5.92 Å². The van der Waals surface area contributed by atoms with Crippen molar-refractivity contribution in [2.24, 2.45) is 5.92 Å². The lowest BCUT2D eigenvalue weighted by molar-refractivity contribution is -0.120. The number of ketones is 2. The summed E-state index contributed by atoms with van der Waals surface area (Å²) in [5.74, 6) is -1.33. The number of benzene rings is 2. The maximum atomic E-state index is 14.6. The predicted octanol–water partition coefficient (Wildman–Crippen LogP) is 3.98. The van der Waals surface area contributed by atoms with Crippen LogP contribution in [0.3, 0.4) is 0 Å². The number of furan rings is 1. The number of fused-ring (bicyclic) bond motifs is 2. The zero-order valence-corrected chi connectivity index (χ0v) is 25.8. The van der Waals surface area contributed by atoms with Gasteiger partial charge in [-0.05, 0) is 30.3 Å². The molecule has 1 amide bonds. The predicted molar refractivity (Wildman–Crippen MR) is 159 cm³/mol. The highest BCUT2D eigenvalue weighted by molar-refractivity contribution is 7.94. The summed E-state index contributed by atoms with van der Waals surface area (Å²) in [5, 5.41) is 3.77. The number of amides is 1. The molecule has 0 saturated carbocycles. The van der Waals surface area contributed by atoms with Crippen LogP contribution in [0.5, 0.6) is 23.0 Å². The molecule has 0 fully saturated rings. The van der Waals surface area contributed by atoms with Crippen LogP contribution in [0.2, 0.25) is 5.02 Å². The average molecular weight is 642 g/mol. The molecule has 1 N–H and O–H groups in total. The first-order valence-corrected chi connectivity index (χ1v) is 15.8. The van der Waals surface area contributed by atoms with Crippen LogP contribution in [0.25, 0.3) is 11.3 Å². The minimum atomic E-state index is -3.42. The number of carbonyl (C=O) groups excluding carboxylic acids is 3. The monoisotopic (exact) mass is 641 g/mol. The fourth-order valence-corrected chi connectivity index (χ4v) is 7.56. The van der Waals surface area contributed by atoms with Gasteiger partial charge in [0.05, 0.1) is 45.1 Å². The van der Waals surface area contributed by atoms with E-state index in [0.29, 0.717) is 17.1 Å². The first-order valence-electron chi connectivity index (χ1n) is 13.7. The number of rotatable bonds is 7. The Hall–Kier alpha value is -4.29. The summed E-state index contributed by atoms with van der Waals surface area (Å²) in [6.07, 6.45) is 1.20. The molecule has 1 aromatic heterocycles. The molecule has 3 aromatic rings. The van der Waals surface area contributed by atoms with E-state index in [0.717, 1.165) is 5.41 Å². The Morgan fingerprint density at radius 2 is 1.73 bits per heavy atom. The third-order valence-electron chi connectivity index (χ3n) is 8.21. The Kier molecular flexibility index (Phi) is 7.24. The van der Waals surface area contributed by atoms with Gasteiger partial charge in [-0.2, -0.15) is 0 Å². The van der Waals surface area contributed by atoms with Crippen molar-refractivity contribution in [2.75, 3.05) is 27.1 Å². The number of Topliss-reactive ketones (excluding diaryl/α,β-unsaturated/α-hetero) is 2. The van der Waals surface area contributed by atoms with Gasteiger partial charge >= 0.3 is 0 Å². The van der Waals surface area contributed by atoms with E-state index in [1.165, 1.54) is 33.5 Å². The van der Waals surface area contributed by atoms with Gasteiger partial charge in [0, 0.05) is 34.9 Å². The van der Waals surface area contributed by atoms with Gasteiger partial charge in [-0.1, -0.05) is 18.5 Å². The highest BCUT2D eigenvalue weighted by Gasteiger charge is 2.63. The zero-order chi connectivity index (χ0) is 31.6. The zero-order valence-electron chi connectivity index (χ0n) is 24.2. The SMILES string of the molecule is COc1ccc(-c2oc3c(c2CC(=O)NC2C=CS(=O)(=O)C2)C(=O)C2(Oc4c(Cl)c(OC)cc(OC)c4C2=O)C(C)C3)cc1. The van der Waals surface area contributed by atoms with Crippen LogP contribution in [0.1, 0.15) is 39.0 Å². The number of hydrogen-bond donors (Lipinski definition) is 1. The van der Waals surface area contributed by atoms with Crippen LogP contribution in [-0.2, 0) is 27.5 Å². The molecule has 11 nitrogen and oxygen atoms in total. The lowest BCUT2D eigenvalue weighted by Crippen LogP contribution is -2.56. The molecule has 13 heteroatoms. The quantitative estimate of drug-likeness (QED) is 0.376. The van der Waals surface area contributed by atoms with Gasteiger partial charge in [-0.25, -0.2) is 8.42 Å². The molecule has 3 unspecified atom stereocenters. The van der Waals surface area contributed by atoms with Crippen LogP contribution in [-0.4, -0.2) is 64.6 Å².